The van der Waals surface area contributed by atoms with E-state index >= 15 is 0 Å². The smallest absolute Gasteiger partial charge is 0.0676 e. The highest BCUT2D eigenvalue weighted by molar-refractivity contribution is 5.96. The molecule has 3 aliphatic rings. The molecule has 0 N–H and O–H groups in total. The van der Waals surface area contributed by atoms with E-state index in [1.165, 1.54) is 111 Å². The second kappa shape index (κ2) is 17.5. The molecule has 1 aromatic heterocycles. The molecule has 66 heavy (non-hydrogen) atoms. The number of hydrogen-bond donors (Lipinski definition) is 0. The van der Waals surface area contributed by atoms with Gasteiger partial charge in [0.15, 0.2) is 0 Å². The molecule has 9 aromatic rings. The highest BCUT2D eigenvalue weighted by atomic mass is 15.0. The molecule has 0 aliphatic heterocycles. The van der Waals surface area contributed by atoms with Crippen LogP contribution in [0, 0.1) is 20.8 Å². The van der Waals surface area contributed by atoms with Crippen molar-refractivity contribution in [1.29, 1.82) is 0 Å². The summed E-state index contributed by atoms with van der Waals surface area (Å²) in [5.41, 5.74) is 25.2. The van der Waals surface area contributed by atoms with Gasteiger partial charge in [-0.1, -0.05) is 194 Å². The van der Waals surface area contributed by atoms with Crippen molar-refractivity contribution in [2.24, 2.45) is 0 Å². The molecule has 0 saturated heterocycles. The van der Waals surface area contributed by atoms with Gasteiger partial charge in [-0.3, -0.25) is 0 Å². The van der Waals surface area contributed by atoms with Crippen LogP contribution in [0.4, 0.5) is 0 Å². The Morgan fingerprint density at radius 3 is 1.77 bits per heavy atom. The number of nitrogens with zero attached hydrogens (tertiary/aromatic N) is 1. The van der Waals surface area contributed by atoms with E-state index in [2.05, 4.69) is 244 Å². The fourth-order valence-corrected chi connectivity index (χ4v) is 11.1. The lowest BCUT2D eigenvalue weighted by atomic mass is 9.65. The van der Waals surface area contributed by atoms with Crippen molar-refractivity contribution >= 4 is 22.6 Å². The summed E-state index contributed by atoms with van der Waals surface area (Å²) in [5.74, 6) is 0. The number of fused-ring (bicyclic) bond motifs is 5. The van der Waals surface area contributed by atoms with Crippen molar-refractivity contribution in [3.8, 4) is 27.9 Å². The Kier molecular flexibility index (Phi) is 10.9. The third-order valence-corrected chi connectivity index (χ3v) is 14.5. The summed E-state index contributed by atoms with van der Waals surface area (Å²) < 4.78 is 2.48. The number of benzene rings is 8. The summed E-state index contributed by atoms with van der Waals surface area (Å²) in [4.78, 5) is 0. The van der Waals surface area contributed by atoms with Crippen LogP contribution in [0.5, 0.6) is 0 Å². The van der Waals surface area contributed by atoms with E-state index in [-0.39, 0.29) is 5.41 Å². The number of aromatic nitrogens is 1. The second-order valence-corrected chi connectivity index (χ2v) is 18.4. The molecular formula is C65H55N. The van der Waals surface area contributed by atoms with Crippen molar-refractivity contribution in [2.75, 3.05) is 0 Å². The third-order valence-electron chi connectivity index (χ3n) is 14.5. The van der Waals surface area contributed by atoms with Crippen LogP contribution < -0.4 is 0 Å². The highest BCUT2D eigenvalue weighted by Crippen LogP contribution is 2.57. The standard InChI is InChI=1S/C56H43N.C9H12/c1-4-20-45(21-5-1)56(46-22-6-2-7-23-46)52-28-12-10-26-48(52)49-32-30-40(36-53(49)56)34-39-16-14-17-41(35-39)42-18-15-19-43(37-42)44-31-33-51-50-27-11-13-29-54(50)57(55(51)38-44)47-24-8-3-9-25-47;1-7-5-4-6-8(2)9(7)3/h1-11,14-27,30-33,35-38H,12-13,28-29,34H2;4-6H,1-3H3. The van der Waals surface area contributed by atoms with Gasteiger partial charge in [0.05, 0.1) is 10.9 Å². The Hall–Kier alpha value is -7.48. The number of aryl methyl sites for hydroxylation is 2. The third kappa shape index (κ3) is 7.30. The van der Waals surface area contributed by atoms with Crippen LogP contribution in [0.15, 0.2) is 218 Å². The highest BCUT2D eigenvalue weighted by Gasteiger charge is 2.47. The van der Waals surface area contributed by atoms with E-state index in [4.69, 9.17) is 0 Å². The molecule has 1 heterocycles. The molecule has 1 nitrogen and oxygen atoms in total. The topological polar surface area (TPSA) is 4.93 Å². The van der Waals surface area contributed by atoms with E-state index < -0.39 is 0 Å². The molecule has 0 unspecified atom stereocenters. The second-order valence-electron chi connectivity index (χ2n) is 18.4. The van der Waals surface area contributed by atoms with Gasteiger partial charge in [-0.2, -0.15) is 0 Å². The zero-order chi connectivity index (χ0) is 44.6. The van der Waals surface area contributed by atoms with Crippen molar-refractivity contribution in [2.45, 2.75) is 58.3 Å². The Balaban J connectivity index is 0.000000481. The maximum atomic E-state index is 2.52. The van der Waals surface area contributed by atoms with Crippen molar-refractivity contribution in [1.82, 2.24) is 4.57 Å². The SMILES string of the molecule is C1=CC2=C(CC1)C(c1ccccc1)(c1ccccc1)c1cc(Cc3cccc(-c4cccc(-c5ccc6c7c(n(-c8ccccc8)c6c5)CCC=C7)c4)c3)ccc12.Cc1cccc(C)c1C. The number of para-hydroxylation sites is 1. The molecule has 0 bridgehead atoms. The summed E-state index contributed by atoms with van der Waals surface area (Å²) in [5, 5.41) is 1.32. The van der Waals surface area contributed by atoms with Gasteiger partial charge in [-0.05, 0) is 161 Å². The van der Waals surface area contributed by atoms with Crippen LogP contribution in [0.25, 0.3) is 50.5 Å². The monoisotopic (exact) mass is 849 g/mol. The summed E-state index contributed by atoms with van der Waals surface area (Å²) in [7, 11) is 0. The van der Waals surface area contributed by atoms with Gasteiger partial charge in [0, 0.05) is 22.3 Å². The predicted molar refractivity (Wildman–Crippen MR) is 279 cm³/mol. The van der Waals surface area contributed by atoms with Gasteiger partial charge in [-0.15, -0.1) is 0 Å². The number of rotatable bonds is 7. The van der Waals surface area contributed by atoms with Crippen molar-refractivity contribution in [3.05, 3.63) is 279 Å². The maximum absolute atomic E-state index is 2.52. The van der Waals surface area contributed by atoms with E-state index in [1.54, 1.807) is 0 Å². The van der Waals surface area contributed by atoms with E-state index in [0.717, 1.165) is 32.1 Å². The summed E-state index contributed by atoms with van der Waals surface area (Å²) in [6.07, 6.45) is 14.5. The Labute approximate surface area is 390 Å². The fourth-order valence-electron chi connectivity index (χ4n) is 11.1. The van der Waals surface area contributed by atoms with Gasteiger partial charge in [0.2, 0.25) is 0 Å². The first-order valence-corrected chi connectivity index (χ1v) is 23.7. The summed E-state index contributed by atoms with van der Waals surface area (Å²) in [6.45, 7) is 6.44. The van der Waals surface area contributed by atoms with Gasteiger partial charge in [0.1, 0.15) is 0 Å². The first-order valence-electron chi connectivity index (χ1n) is 23.7. The Morgan fingerprint density at radius 2 is 1.08 bits per heavy atom. The van der Waals surface area contributed by atoms with Crippen molar-refractivity contribution < 1.29 is 0 Å². The predicted octanol–water partition coefficient (Wildman–Crippen LogP) is 16.6. The minimum Gasteiger partial charge on any atom is -0.313 e. The van der Waals surface area contributed by atoms with Gasteiger partial charge in [0.25, 0.3) is 0 Å². The number of allylic oxidation sites excluding steroid dienone is 5. The minimum atomic E-state index is -0.308. The van der Waals surface area contributed by atoms with Gasteiger partial charge >= 0.3 is 0 Å². The molecular weight excluding hydrogens is 795 g/mol. The Bertz CT molecular complexity index is 3280. The molecule has 1 heteroatoms. The summed E-state index contributed by atoms with van der Waals surface area (Å²) >= 11 is 0. The van der Waals surface area contributed by atoms with E-state index in [0.29, 0.717) is 0 Å². The van der Waals surface area contributed by atoms with E-state index in [9.17, 15) is 0 Å². The van der Waals surface area contributed by atoms with Crippen LogP contribution in [0.1, 0.15) is 80.6 Å². The zero-order valence-corrected chi connectivity index (χ0v) is 38.3. The van der Waals surface area contributed by atoms with Crippen LogP contribution >= 0.6 is 0 Å². The molecule has 320 valence electrons. The zero-order valence-electron chi connectivity index (χ0n) is 38.3. The average Bonchev–Trinajstić information content (AvgIpc) is 3.87. The lowest BCUT2D eigenvalue weighted by Gasteiger charge is -2.36. The molecule has 0 fully saturated rings. The van der Waals surface area contributed by atoms with E-state index in [1.807, 2.05) is 0 Å². The maximum Gasteiger partial charge on any atom is 0.0676 e. The summed E-state index contributed by atoms with van der Waals surface area (Å²) in [6, 6.07) is 72.2. The molecule has 0 atom stereocenters. The minimum absolute atomic E-state index is 0.308. The molecule has 8 aromatic carbocycles. The first kappa shape index (κ1) is 41.2. The fraction of sp³-hybridized carbons (Fsp3) is 0.138. The first-order chi connectivity index (χ1) is 32.5. The van der Waals surface area contributed by atoms with Gasteiger partial charge < -0.3 is 4.57 Å². The van der Waals surface area contributed by atoms with Gasteiger partial charge in [-0.25, -0.2) is 0 Å². The largest absolute Gasteiger partial charge is 0.313 e. The lowest BCUT2D eigenvalue weighted by molar-refractivity contribution is 0.695. The van der Waals surface area contributed by atoms with Crippen LogP contribution in [-0.4, -0.2) is 4.57 Å². The normalized spacial score (nSPS) is 14.3. The van der Waals surface area contributed by atoms with Crippen LogP contribution in [0.2, 0.25) is 0 Å². The molecule has 3 aliphatic carbocycles. The van der Waals surface area contributed by atoms with Crippen LogP contribution in [0.3, 0.4) is 0 Å². The van der Waals surface area contributed by atoms with Crippen LogP contribution in [-0.2, 0) is 18.3 Å². The quantitative estimate of drug-likeness (QED) is 0.151. The molecule has 0 radical (unpaired) electrons. The molecule has 0 saturated carbocycles. The van der Waals surface area contributed by atoms with Crippen molar-refractivity contribution in [3.63, 3.8) is 0 Å². The lowest BCUT2D eigenvalue weighted by Crippen LogP contribution is -2.30. The molecule has 0 spiro atoms. The Morgan fingerprint density at radius 1 is 0.485 bits per heavy atom. The average molecular weight is 850 g/mol. The number of hydrogen-bond acceptors (Lipinski definition) is 0. The molecule has 0 amide bonds. The molecule has 12 rings (SSSR count).